The van der Waals surface area contributed by atoms with E-state index in [0.29, 0.717) is 0 Å². The first-order chi connectivity index (χ1) is 9.74. The fourth-order valence-corrected chi connectivity index (χ4v) is 6.87. The minimum atomic E-state index is -0.407. The number of unbranched alkanes of at least 4 members (excludes halogenated alkanes) is 2. The van der Waals surface area contributed by atoms with Crippen LogP contribution in [-0.2, 0) is 0 Å². The van der Waals surface area contributed by atoms with Crippen molar-refractivity contribution in [1.82, 2.24) is 0 Å². The molecule has 25 heavy (non-hydrogen) atoms. The van der Waals surface area contributed by atoms with Crippen LogP contribution in [-0.4, -0.2) is 48.2 Å². The molecule has 0 aliphatic carbocycles. The van der Waals surface area contributed by atoms with E-state index in [1.807, 2.05) is 0 Å². The van der Waals surface area contributed by atoms with Crippen LogP contribution in [0.2, 0.25) is 15.8 Å². The van der Waals surface area contributed by atoms with Crippen LogP contribution in [0.4, 0.5) is 0 Å². The average Bonchev–Trinajstić information content (AvgIpc) is 2.37. The summed E-state index contributed by atoms with van der Waals surface area (Å²) < 4.78 is 0. The van der Waals surface area contributed by atoms with Gasteiger partial charge in [-0.05, 0) is 0 Å². The van der Waals surface area contributed by atoms with Crippen LogP contribution in [0, 0.1) is 31.6 Å². The van der Waals surface area contributed by atoms with Crippen molar-refractivity contribution in [2.24, 2.45) is 17.8 Å². The molecule has 154 valence electrons. The summed E-state index contributed by atoms with van der Waals surface area (Å²) in [5.74, 6) is 2.78. The van der Waals surface area contributed by atoms with Crippen LogP contribution in [0.1, 0.15) is 88.5 Å². The minimum Gasteiger partial charge on any atom is -0.412 e. The maximum absolute atomic E-state index is 3.60. The molecule has 0 saturated heterocycles. The molecule has 0 aliphatic rings. The molecule has 2 nitrogen and oxygen atoms in total. The Morgan fingerprint density at radius 3 is 0.880 bits per heavy atom. The van der Waals surface area contributed by atoms with Gasteiger partial charge in [-0.25, -0.2) is 0 Å². The second kappa shape index (κ2) is 36.2. The molecule has 0 aromatic heterocycles. The monoisotopic (exact) mass is 388 g/mol. The second-order valence-corrected chi connectivity index (χ2v) is 10.6. The quantitative estimate of drug-likeness (QED) is 0.346. The van der Waals surface area contributed by atoms with Crippen molar-refractivity contribution in [1.29, 1.82) is 0 Å². The van der Waals surface area contributed by atoms with E-state index in [1.54, 1.807) is 15.8 Å². The number of rotatable bonds is 8. The Bertz CT molecular complexity index is 146. The smallest absolute Gasteiger partial charge is 0.412 e. The topological polar surface area (TPSA) is 63.0 Å². The summed E-state index contributed by atoms with van der Waals surface area (Å²) in [6.07, 6.45) is 4.56. The average molecular weight is 389 g/mol. The molecule has 0 fully saturated rings. The van der Waals surface area contributed by atoms with Gasteiger partial charge < -0.3 is 24.8 Å². The van der Waals surface area contributed by atoms with Gasteiger partial charge in [-0.3, -0.25) is 0 Å². The molecule has 0 aromatic rings. The molecule has 0 aliphatic heterocycles. The maximum Gasteiger partial charge on any atom is 2.00 e. The Morgan fingerprint density at radius 2 is 0.800 bits per heavy atom. The molecule has 0 aromatic carbocycles. The molecule has 0 bridgehead atoms. The van der Waals surface area contributed by atoms with Gasteiger partial charge in [-0.2, -0.15) is 12.8 Å². The first-order valence-corrected chi connectivity index (χ1v) is 11.8. The van der Waals surface area contributed by atoms with Crippen LogP contribution in [0.25, 0.3) is 0 Å². The molecular weight excluding hydrogens is 336 g/mol. The number of hydrogen-bond acceptors (Lipinski definition) is 0. The van der Waals surface area contributed by atoms with Gasteiger partial charge in [0.15, 0.2) is 0 Å². The SMILES string of the molecule is C.CC(C)[CH2][Al]([CH2]C(C)C)[CH2]C(C)C.O.O.[CH2-]CCC.[CH2-]CCC.[Mg+2]. The third-order valence-electron chi connectivity index (χ3n) is 3.12. The van der Waals surface area contributed by atoms with E-state index in [1.165, 1.54) is 12.8 Å². The Kier molecular flexibility index (Phi) is 65.3. The van der Waals surface area contributed by atoms with Gasteiger partial charge >= 0.3 is 23.1 Å². The van der Waals surface area contributed by atoms with Gasteiger partial charge in [0, 0.05) is 0 Å². The Labute approximate surface area is 183 Å². The predicted molar refractivity (Wildman–Crippen MR) is 125 cm³/mol. The summed E-state index contributed by atoms with van der Waals surface area (Å²) in [4.78, 5) is 0. The molecular formula is C21H53AlMgO2. The van der Waals surface area contributed by atoms with Crippen molar-refractivity contribution < 1.29 is 11.0 Å². The van der Waals surface area contributed by atoms with Crippen LogP contribution in [0.15, 0.2) is 0 Å². The van der Waals surface area contributed by atoms with E-state index in [0.717, 1.165) is 30.6 Å². The number of hydrogen-bond donors (Lipinski definition) is 0. The van der Waals surface area contributed by atoms with E-state index in [2.05, 4.69) is 69.2 Å². The molecule has 0 heterocycles. The second-order valence-electron chi connectivity index (χ2n) is 7.46. The van der Waals surface area contributed by atoms with Crippen molar-refractivity contribution in [3.63, 3.8) is 0 Å². The zero-order chi connectivity index (χ0) is 17.3. The predicted octanol–water partition coefficient (Wildman–Crippen LogP) is 6.30. The molecule has 0 rings (SSSR count). The van der Waals surface area contributed by atoms with Crippen molar-refractivity contribution in [2.45, 2.75) is 104 Å². The molecule has 0 radical (unpaired) electrons. The Morgan fingerprint density at radius 1 is 0.640 bits per heavy atom. The largest absolute Gasteiger partial charge is 2.00 e. The summed E-state index contributed by atoms with van der Waals surface area (Å²) in [6.45, 7) is 25.7. The van der Waals surface area contributed by atoms with E-state index < -0.39 is 14.1 Å². The van der Waals surface area contributed by atoms with E-state index in [4.69, 9.17) is 0 Å². The van der Waals surface area contributed by atoms with Crippen molar-refractivity contribution in [2.75, 3.05) is 0 Å². The van der Waals surface area contributed by atoms with Crippen molar-refractivity contribution >= 4 is 37.2 Å². The minimum absolute atomic E-state index is 0. The van der Waals surface area contributed by atoms with Crippen LogP contribution in [0.5, 0.6) is 0 Å². The standard InChI is InChI=1S/5C4H9.CH4.Al.Mg.2H2O/c3*1-4(2)3;2*1-3-4-2;;;;;/h3*4H,1H2,2-3H3;2*1,3-4H2,2H3;1H4;;;2*1H2/q;;;2*-1;;;+2;;. The fraction of sp³-hybridized carbons (Fsp3) is 0.905. The molecule has 0 saturated carbocycles. The summed E-state index contributed by atoms with van der Waals surface area (Å²) in [5, 5.41) is 4.66. The van der Waals surface area contributed by atoms with Gasteiger partial charge in [-0.15, -0.1) is 0 Å². The molecule has 4 N–H and O–H groups in total. The fourth-order valence-electron chi connectivity index (χ4n) is 2.29. The van der Waals surface area contributed by atoms with Gasteiger partial charge in [0.25, 0.3) is 14.1 Å². The Hall–Kier alpha value is 1.22. The first kappa shape index (κ1) is 45.1. The summed E-state index contributed by atoms with van der Waals surface area (Å²) in [6, 6.07) is 0. The molecule has 0 amide bonds. The zero-order valence-electron chi connectivity index (χ0n) is 18.4. The molecule has 4 heteroatoms. The third-order valence-corrected chi connectivity index (χ3v) is 7.95. The van der Waals surface area contributed by atoms with E-state index in [-0.39, 0.29) is 41.4 Å². The summed E-state index contributed by atoms with van der Waals surface area (Å²) in [5.41, 5.74) is 0. The normalized spacial score (nSPS) is 8.52. The van der Waals surface area contributed by atoms with Crippen LogP contribution in [0.3, 0.4) is 0 Å². The molecule has 0 unspecified atom stereocenters. The summed E-state index contributed by atoms with van der Waals surface area (Å²) in [7, 11) is 0. The van der Waals surface area contributed by atoms with Gasteiger partial charge in [-0.1, -0.05) is 109 Å². The van der Waals surface area contributed by atoms with E-state index >= 15 is 0 Å². The van der Waals surface area contributed by atoms with Crippen LogP contribution >= 0.6 is 0 Å². The van der Waals surface area contributed by atoms with Gasteiger partial charge in [0.1, 0.15) is 0 Å². The van der Waals surface area contributed by atoms with E-state index in [9.17, 15) is 0 Å². The third kappa shape index (κ3) is 58.7. The van der Waals surface area contributed by atoms with Crippen LogP contribution < -0.4 is 0 Å². The zero-order valence-corrected chi connectivity index (χ0v) is 20.9. The van der Waals surface area contributed by atoms with Gasteiger partial charge in [0.05, 0.1) is 0 Å². The summed E-state index contributed by atoms with van der Waals surface area (Å²) >= 11 is -0.407. The van der Waals surface area contributed by atoms with Gasteiger partial charge in [0.2, 0.25) is 0 Å². The Balaban J connectivity index is -0.0000000463. The molecule has 0 spiro atoms. The van der Waals surface area contributed by atoms with Crippen molar-refractivity contribution in [3.05, 3.63) is 13.8 Å². The maximum atomic E-state index is 3.60. The molecule has 0 atom stereocenters. The van der Waals surface area contributed by atoms with Crippen molar-refractivity contribution in [3.8, 4) is 0 Å². The first-order valence-electron chi connectivity index (χ1n) is 9.33.